The fraction of sp³-hybridized carbons (Fsp3) is 0.857. The van der Waals surface area contributed by atoms with Gasteiger partial charge in [0.15, 0.2) is 0 Å². The maximum Gasteiger partial charge on any atom is 0.217 e. The highest BCUT2D eigenvalue weighted by Gasteiger charge is 2.59. The Balaban J connectivity index is 1.94. The first-order valence-electron chi connectivity index (χ1n) is 6.73. The van der Waals surface area contributed by atoms with Crippen LogP contribution in [0.25, 0.3) is 0 Å². The number of hydrogen-bond donors (Lipinski definition) is 1. The number of rotatable bonds is 2. The van der Waals surface area contributed by atoms with Crippen LogP contribution >= 0.6 is 0 Å². The lowest BCUT2D eigenvalue weighted by molar-refractivity contribution is -0.149. The van der Waals surface area contributed by atoms with Crippen molar-refractivity contribution in [3.63, 3.8) is 0 Å². The predicted octanol–water partition coefficient (Wildman–Crippen LogP) is 2.05. The molecule has 1 N–H and O–H groups in total. The van der Waals surface area contributed by atoms with Gasteiger partial charge in [0.2, 0.25) is 5.91 Å². The molecule has 0 aromatic carbocycles. The molecule has 0 aromatic heterocycles. The number of Topliss-reactive ketones (excluding diaryl/α,β-unsaturated/α-hetero) is 1. The minimum absolute atomic E-state index is 0.0540. The molecule has 17 heavy (non-hydrogen) atoms. The Kier molecular flexibility index (Phi) is 2.20. The van der Waals surface area contributed by atoms with E-state index in [1.165, 1.54) is 6.42 Å². The van der Waals surface area contributed by atoms with Gasteiger partial charge in [-0.3, -0.25) is 9.59 Å². The molecule has 0 aromatic rings. The zero-order valence-electron chi connectivity index (χ0n) is 10.7. The topological polar surface area (TPSA) is 46.2 Å². The molecular formula is C14H21NO2. The van der Waals surface area contributed by atoms with Crippen LogP contribution in [-0.2, 0) is 9.59 Å². The van der Waals surface area contributed by atoms with Crippen molar-refractivity contribution in [3.05, 3.63) is 0 Å². The van der Waals surface area contributed by atoms with Gasteiger partial charge in [0.1, 0.15) is 5.78 Å². The Bertz CT molecular complexity index is 374. The minimum atomic E-state index is -0.105. The molecule has 1 amide bonds. The van der Waals surface area contributed by atoms with Crippen molar-refractivity contribution in [2.24, 2.45) is 17.3 Å². The van der Waals surface area contributed by atoms with Gasteiger partial charge < -0.3 is 5.32 Å². The molecule has 3 heteroatoms. The van der Waals surface area contributed by atoms with Crippen LogP contribution in [0.2, 0.25) is 0 Å². The number of ketones is 1. The van der Waals surface area contributed by atoms with Gasteiger partial charge in [0.25, 0.3) is 0 Å². The van der Waals surface area contributed by atoms with Gasteiger partial charge in [-0.05, 0) is 57.3 Å². The number of carbonyl (C=O) groups excluding carboxylic acids is 2. The Hall–Kier alpha value is -0.860. The van der Waals surface area contributed by atoms with Crippen LogP contribution in [0.15, 0.2) is 0 Å². The highest BCUT2D eigenvalue weighted by Crippen LogP contribution is 2.61. The SMILES string of the molecule is CC(=O)NC12C[C@H]3C[C@@H](C1)CC(C(C)=O)(C3)C2. The van der Waals surface area contributed by atoms with Crippen molar-refractivity contribution in [2.75, 3.05) is 0 Å². The van der Waals surface area contributed by atoms with E-state index in [-0.39, 0.29) is 16.9 Å². The van der Waals surface area contributed by atoms with Gasteiger partial charge in [-0.1, -0.05) is 0 Å². The summed E-state index contributed by atoms with van der Waals surface area (Å²) in [7, 11) is 0. The van der Waals surface area contributed by atoms with E-state index in [1.54, 1.807) is 13.8 Å². The first kappa shape index (κ1) is 11.2. The lowest BCUT2D eigenvalue weighted by atomic mass is 9.46. The van der Waals surface area contributed by atoms with Crippen molar-refractivity contribution in [1.82, 2.24) is 5.32 Å². The minimum Gasteiger partial charge on any atom is -0.351 e. The first-order chi connectivity index (χ1) is 7.93. The maximum absolute atomic E-state index is 12.0. The van der Waals surface area contributed by atoms with Gasteiger partial charge in [0, 0.05) is 17.9 Å². The molecule has 4 saturated carbocycles. The molecule has 4 bridgehead atoms. The molecule has 4 aliphatic rings. The molecule has 2 unspecified atom stereocenters. The Morgan fingerprint density at radius 3 is 2.12 bits per heavy atom. The lowest BCUT2D eigenvalue weighted by Crippen LogP contribution is -2.64. The van der Waals surface area contributed by atoms with E-state index in [0.29, 0.717) is 17.6 Å². The van der Waals surface area contributed by atoms with E-state index in [1.807, 2.05) is 0 Å². The third-order valence-corrected chi connectivity index (χ3v) is 5.25. The zero-order chi connectivity index (χ0) is 12.3. The van der Waals surface area contributed by atoms with Crippen LogP contribution in [0.5, 0.6) is 0 Å². The molecule has 4 fully saturated rings. The van der Waals surface area contributed by atoms with E-state index in [4.69, 9.17) is 0 Å². The van der Waals surface area contributed by atoms with Crippen LogP contribution in [-0.4, -0.2) is 17.2 Å². The fourth-order valence-corrected chi connectivity index (χ4v) is 5.19. The van der Waals surface area contributed by atoms with Crippen molar-refractivity contribution in [3.8, 4) is 0 Å². The average molecular weight is 235 g/mol. The Labute approximate surface area is 102 Å². The van der Waals surface area contributed by atoms with Crippen molar-refractivity contribution in [1.29, 1.82) is 0 Å². The summed E-state index contributed by atoms with van der Waals surface area (Å²) >= 11 is 0. The van der Waals surface area contributed by atoms with E-state index in [9.17, 15) is 9.59 Å². The van der Waals surface area contributed by atoms with Crippen LogP contribution in [0.3, 0.4) is 0 Å². The van der Waals surface area contributed by atoms with Gasteiger partial charge in [-0.15, -0.1) is 0 Å². The lowest BCUT2D eigenvalue weighted by Gasteiger charge is -2.61. The molecular weight excluding hydrogens is 214 g/mol. The fourth-order valence-electron chi connectivity index (χ4n) is 5.19. The summed E-state index contributed by atoms with van der Waals surface area (Å²) in [6.45, 7) is 3.34. The van der Waals surface area contributed by atoms with Crippen molar-refractivity contribution in [2.45, 2.75) is 57.9 Å². The van der Waals surface area contributed by atoms with Gasteiger partial charge in [-0.2, -0.15) is 0 Å². The molecule has 0 spiro atoms. The molecule has 0 heterocycles. The van der Waals surface area contributed by atoms with E-state index in [2.05, 4.69) is 5.32 Å². The van der Waals surface area contributed by atoms with Crippen LogP contribution in [0.1, 0.15) is 52.4 Å². The summed E-state index contributed by atoms with van der Waals surface area (Å²) in [6.07, 6.45) is 6.49. The largest absolute Gasteiger partial charge is 0.351 e. The summed E-state index contributed by atoms with van der Waals surface area (Å²) < 4.78 is 0. The number of nitrogens with one attached hydrogen (secondary N) is 1. The van der Waals surface area contributed by atoms with Crippen molar-refractivity contribution < 1.29 is 9.59 Å². The van der Waals surface area contributed by atoms with Crippen molar-refractivity contribution >= 4 is 11.7 Å². The zero-order valence-corrected chi connectivity index (χ0v) is 10.7. The standard InChI is InChI=1S/C14H21NO2/c1-9(16)13-4-11-3-12(5-13)7-14(6-11,8-13)15-10(2)17/h11-12H,3-8H2,1-2H3,(H,15,17)/t11-,12+,13?,14?. The molecule has 4 aliphatic carbocycles. The number of hydrogen-bond acceptors (Lipinski definition) is 2. The second-order valence-electron chi connectivity index (χ2n) is 6.76. The summed E-state index contributed by atoms with van der Waals surface area (Å²) in [4.78, 5) is 23.4. The van der Waals surface area contributed by atoms with Gasteiger partial charge in [0.05, 0.1) is 0 Å². The van der Waals surface area contributed by atoms with Gasteiger partial charge >= 0.3 is 0 Å². The van der Waals surface area contributed by atoms with Crippen LogP contribution < -0.4 is 5.32 Å². The van der Waals surface area contributed by atoms with E-state index < -0.39 is 0 Å². The smallest absolute Gasteiger partial charge is 0.217 e. The molecule has 0 radical (unpaired) electrons. The predicted molar refractivity (Wildman–Crippen MR) is 64.3 cm³/mol. The highest BCUT2D eigenvalue weighted by atomic mass is 16.1. The average Bonchev–Trinajstić information content (AvgIpc) is 2.12. The summed E-state index contributed by atoms with van der Waals surface area (Å²) in [6, 6.07) is 0. The van der Waals surface area contributed by atoms with Gasteiger partial charge in [-0.25, -0.2) is 0 Å². The van der Waals surface area contributed by atoms with E-state index >= 15 is 0 Å². The first-order valence-corrected chi connectivity index (χ1v) is 6.73. The van der Waals surface area contributed by atoms with E-state index in [0.717, 1.165) is 32.1 Å². The van der Waals surface area contributed by atoms with Crippen LogP contribution in [0.4, 0.5) is 0 Å². The molecule has 94 valence electrons. The quantitative estimate of drug-likeness (QED) is 0.796. The second kappa shape index (κ2) is 3.33. The third kappa shape index (κ3) is 1.62. The Morgan fingerprint density at radius 1 is 1.06 bits per heavy atom. The highest BCUT2D eigenvalue weighted by molar-refractivity contribution is 5.83. The summed E-state index contributed by atoms with van der Waals surface area (Å²) in [5.74, 6) is 1.73. The Morgan fingerprint density at radius 2 is 1.65 bits per heavy atom. The number of amides is 1. The summed E-state index contributed by atoms with van der Waals surface area (Å²) in [5.41, 5.74) is -0.159. The van der Waals surface area contributed by atoms with Crippen LogP contribution in [0, 0.1) is 17.3 Å². The number of carbonyl (C=O) groups is 2. The monoisotopic (exact) mass is 235 g/mol. The normalized spacial score (nSPS) is 46.9. The molecule has 4 atom stereocenters. The second-order valence-corrected chi connectivity index (χ2v) is 6.76. The molecule has 0 saturated heterocycles. The molecule has 4 rings (SSSR count). The molecule has 3 nitrogen and oxygen atoms in total. The maximum atomic E-state index is 12.0. The summed E-state index contributed by atoms with van der Waals surface area (Å²) in [5, 5.41) is 3.18. The molecule has 0 aliphatic heterocycles. The third-order valence-electron chi connectivity index (χ3n) is 5.25.